The molecule has 1 saturated heterocycles. The highest BCUT2D eigenvalue weighted by Gasteiger charge is 2.56. The highest BCUT2D eigenvalue weighted by molar-refractivity contribution is 6.10. The minimum absolute atomic E-state index is 0.185. The third-order valence-corrected chi connectivity index (χ3v) is 5.00. The molecule has 24 heavy (non-hydrogen) atoms. The van der Waals surface area contributed by atoms with Crippen LogP contribution in [0.5, 0.6) is 0 Å². The number of imide groups is 1. The molecule has 1 aliphatic heterocycles. The van der Waals surface area contributed by atoms with E-state index < -0.39 is 11.6 Å². The fourth-order valence-corrected chi connectivity index (χ4v) is 3.32. The molecule has 3 rings (SSSR count). The number of urea groups is 1. The zero-order valence-electron chi connectivity index (χ0n) is 14.3. The van der Waals surface area contributed by atoms with Gasteiger partial charge in [-0.2, -0.15) is 0 Å². The maximum Gasteiger partial charge on any atom is 0.325 e. The number of hydrogen-bond acceptors (Lipinski definition) is 3. The summed E-state index contributed by atoms with van der Waals surface area (Å²) in [7, 11) is 0. The number of nitrogens with zero attached hydrogens (tertiary/aromatic N) is 1. The molecule has 6 heteroatoms. The molecule has 1 atom stereocenters. The molecular weight excluding hydrogens is 306 g/mol. The topological polar surface area (TPSA) is 78.5 Å². The number of para-hydroxylation sites is 1. The average Bonchev–Trinajstić information content (AvgIpc) is 3.36. The SMILES string of the molecule is CCc1cccc(C)c1NC(=O)CN1C(=O)N[C@@](C)(C2CC2)C1=O. The standard InChI is InChI=1S/C18H23N3O3/c1-4-12-7-5-6-11(2)15(12)19-14(22)10-21-16(23)18(3,13-8-9-13)20-17(21)24/h5-7,13H,4,8-10H2,1-3H3,(H,19,22)(H,20,24)/t18-/m0/s1. The second-order valence-corrected chi connectivity index (χ2v) is 6.81. The minimum Gasteiger partial charge on any atom is -0.324 e. The predicted molar refractivity (Wildman–Crippen MR) is 90.6 cm³/mol. The quantitative estimate of drug-likeness (QED) is 0.813. The fourth-order valence-electron chi connectivity index (χ4n) is 3.32. The van der Waals surface area contributed by atoms with Crippen molar-refractivity contribution in [3.63, 3.8) is 0 Å². The average molecular weight is 329 g/mol. The van der Waals surface area contributed by atoms with Crippen molar-refractivity contribution in [2.45, 2.75) is 45.6 Å². The van der Waals surface area contributed by atoms with Crippen LogP contribution in [0.3, 0.4) is 0 Å². The van der Waals surface area contributed by atoms with Crippen molar-refractivity contribution in [2.24, 2.45) is 5.92 Å². The summed E-state index contributed by atoms with van der Waals surface area (Å²) in [5, 5.41) is 5.61. The summed E-state index contributed by atoms with van der Waals surface area (Å²) in [6, 6.07) is 5.35. The molecule has 1 heterocycles. The number of nitrogens with one attached hydrogen (secondary N) is 2. The highest BCUT2D eigenvalue weighted by atomic mass is 16.2. The van der Waals surface area contributed by atoms with Crippen LogP contribution in [0.2, 0.25) is 0 Å². The van der Waals surface area contributed by atoms with Crippen molar-refractivity contribution in [1.82, 2.24) is 10.2 Å². The first-order chi connectivity index (χ1) is 11.4. The van der Waals surface area contributed by atoms with Crippen LogP contribution in [-0.2, 0) is 16.0 Å². The first-order valence-corrected chi connectivity index (χ1v) is 8.39. The van der Waals surface area contributed by atoms with Crippen LogP contribution in [0.25, 0.3) is 0 Å². The Morgan fingerprint density at radius 1 is 1.38 bits per heavy atom. The summed E-state index contributed by atoms with van der Waals surface area (Å²) < 4.78 is 0. The molecule has 1 aromatic carbocycles. The van der Waals surface area contributed by atoms with E-state index in [0.717, 1.165) is 41.0 Å². The van der Waals surface area contributed by atoms with E-state index in [1.165, 1.54) is 0 Å². The zero-order chi connectivity index (χ0) is 17.5. The fraction of sp³-hybridized carbons (Fsp3) is 0.500. The van der Waals surface area contributed by atoms with Crippen molar-refractivity contribution in [1.29, 1.82) is 0 Å². The molecule has 128 valence electrons. The van der Waals surface area contributed by atoms with Gasteiger partial charge in [-0.25, -0.2) is 4.79 Å². The number of carbonyl (C=O) groups excluding carboxylic acids is 3. The van der Waals surface area contributed by atoms with Gasteiger partial charge < -0.3 is 10.6 Å². The van der Waals surface area contributed by atoms with Crippen LogP contribution in [0, 0.1) is 12.8 Å². The Morgan fingerprint density at radius 2 is 2.08 bits per heavy atom. The van der Waals surface area contributed by atoms with E-state index in [0.29, 0.717) is 0 Å². The molecule has 0 unspecified atom stereocenters. The maximum atomic E-state index is 12.6. The number of hydrogen-bond donors (Lipinski definition) is 2. The van der Waals surface area contributed by atoms with Gasteiger partial charge in [0.1, 0.15) is 12.1 Å². The van der Waals surface area contributed by atoms with Gasteiger partial charge in [0.05, 0.1) is 0 Å². The van der Waals surface area contributed by atoms with E-state index in [4.69, 9.17) is 0 Å². The van der Waals surface area contributed by atoms with Gasteiger partial charge in [-0.3, -0.25) is 14.5 Å². The molecule has 0 radical (unpaired) electrons. The third kappa shape index (κ3) is 2.77. The zero-order valence-corrected chi connectivity index (χ0v) is 14.3. The molecule has 1 aromatic rings. The molecular formula is C18H23N3O3. The summed E-state index contributed by atoms with van der Waals surface area (Å²) in [5.74, 6) is -0.474. The number of anilines is 1. The number of benzene rings is 1. The molecule has 2 N–H and O–H groups in total. The largest absolute Gasteiger partial charge is 0.325 e. The van der Waals surface area contributed by atoms with Gasteiger partial charge in [0.25, 0.3) is 5.91 Å². The maximum absolute atomic E-state index is 12.6. The van der Waals surface area contributed by atoms with E-state index in [1.807, 2.05) is 32.0 Å². The summed E-state index contributed by atoms with van der Waals surface area (Å²) in [5.41, 5.74) is 1.90. The Bertz CT molecular complexity index is 711. The number of aryl methyl sites for hydroxylation is 2. The molecule has 1 saturated carbocycles. The second-order valence-electron chi connectivity index (χ2n) is 6.81. The van der Waals surface area contributed by atoms with E-state index >= 15 is 0 Å². The van der Waals surface area contributed by atoms with E-state index in [9.17, 15) is 14.4 Å². The van der Waals surface area contributed by atoms with Crippen molar-refractivity contribution in [2.75, 3.05) is 11.9 Å². The van der Waals surface area contributed by atoms with Crippen LogP contribution >= 0.6 is 0 Å². The minimum atomic E-state index is -0.853. The monoisotopic (exact) mass is 329 g/mol. The Hall–Kier alpha value is -2.37. The van der Waals surface area contributed by atoms with Crippen LogP contribution in [0.1, 0.15) is 37.8 Å². The van der Waals surface area contributed by atoms with Crippen LogP contribution < -0.4 is 10.6 Å². The second kappa shape index (κ2) is 5.92. The van der Waals surface area contributed by atoms with E-state index in [2.05, 4.69) is 10.6 Å². The van der Waals surface area contributed by atoms with Gasteiger partial charge >= 0.3 is 6.03 Å². The predicted octanol–water partition coefficient (Wildman–Crippen LogP) is 2.22. The van der Waals surface area contributed by atoms with Gasteiger partial charge in [0, 0.05) is 5.69 Å². The summed E-state index contributed by atoms with van der Waals surface area (Å²) in [6.07, 6.45) is 2.66. The smallest absolute Gasteiger partial charge is 0.324 e. The van der Waals surface area contributed by atoms with Crippen molar-refractivity contribution < 1.29 is 14.4 Å². The first kappa shape index (κ1) is 16.5. The third-order valence-electron chi connectivity index (χ3n) is 5.00. The molecule has 0 spiro atoms. The Morgan fingerprint density at radius 3 is 2.71 bits per heavy atom. The Kier molecular flexibility index (Phi) is 4.07. The van der Waals surface area contributed by atoms with Gasteiger partial charge in [0.15, 0.2) is 0 Å². The summed E-state index contributed by atoms with van der Waals surface area (Å²) >= 11 is 0. The highest BCUT2D eigenvalue weighted by Crippen LogP contribution is 2.42. The normalized spacial score (nSPS) is 23.4. The van der Waals surface area contributed by atoms with Crippen LogP contribution in [0.4, 0.5) is 10.5 Å². The molecule has 4 amide bonds. The molecule has 2 fully saturated rings. The summed E-state index contributed by atoms with van der Waals surface area (Å²) in [4.78, 5) is 38.1. The molecule has 6 nitrogen and oxygen atoms in total. The van der Waals surface area contributed by atoms with E-state index in [-0.39, 0.29) is 24.3 Å². The molecule has 0 aromatic heterocycles. The number of rotatable bonds is 5. The van der Waals surface area contributed by atoms with Crippen LogP contribution in [-0.4, -0.2) is 34.8 Å². The number of carbonyl (C=O) groups is 3. The van der Waals surface area contributed by atoms with Gasteiger partial charge in [-0.05, 0) is 50.2 Å². The molecule has 0 bridgehead atoms. The van der Waals surface area contributed by atoms with Crippen molar-refractivity contribution >= 4 is 23.5 Å². The summed E-state index contributed by atoms with van der Waals surface area (Å²) in [6.45, 7) is 5.43. The number of amides is 4. The van der Waals surface area contributed by atoms with Gasteiger partial charge in [-0.1, -0.05) is 25.1 Å². The Balaban J connectivity index is 1.72. The van der Waals surface area contributed by atoms with Crippen molar-refractivity contribution in [3.05, 3.63) is 29.3 Å². The molecule has 1 aliphatic carbocycles. The lowest BCUT2D eigenvalue weighted by molar-refractivity contribution is -0.134. The van der Waals surface area contributed by atoms with Crippen LogP contribution in [0.15, 0.2) is 18.2 Å². The van der Waals surface area contributed by atoms with Crippen molar-refractivity contribution in [3.8, 4) is 0 Å². The van der Waals surface area contributed by atoms with E-state index in [1.54, 1.807) is 6.92 Å². The first-order valence-electron chi connectivity index (χ1n) is 8.39. The van der Waals surface area contributed by atoms with Gasteiger partial charge in [0.2, 0.25) is 5.91 Å². The lowest BCUT2D eigenvalue weighted by Crippen LogP contribution is -2.46. The molecule has 2 aliphatic rings. The lowest BCUT2D eigenvalue weighted by Gasteiger charge is -2.21. The lowest BCUT2D eigenvalue weighted by atomic mass is 9.96. The van der Waals surface area contributed by atoms with Gasteiger partial charge in [-0.15, -0.1) is 0 Å². The Labute approximate surface area is 141 Å².